The maximum atomic E-state index is 9.08. The van der Waals surface area contributed by atoms with Crippen LogP contribution in [0.25, 0.3) is 10.9 Å². The van der Waals surface area contributed by atoms with E-state index >= 15 is 0 Å². The average molecular weight is 444 g/mol. The number of nitriles is 2. The van der Waals surface area contributed by atoms with Gasteiger partial charge in [0, 0.05) is 54.8 Å². The van der Waals surface area contributed by atoms with Crippen LogP contribution in [0.2, 0.25) is 0 Å². The third kappa shape index (κ3) is 5.05. The van der Waals surface area contributed by atoms with Crippen molar-refractivity contribution in [2.75, 3.05) is 17.2 Å². The Labute approximate surface area is 193 Å². The quantitative estimate of drug-likeness (QED) is 0.469. The number of likely N-dealkylation sites (tertiary alicyclic amines) is 1. The largest absolute Gasteiger partial charge is 0.367 e. The zero-order chi connectivity index (χ0) is 23.2. The Kier molecular flexibility index (Phi) is 7.01. The van der Waals surface area contributed by atoms with Crippen molar-refractivity contribution in [3.8, 4) is 12.1 Å². The highest BCUT2D eigenvalue weighted by molar-refractivity contribution is 5.91. The summed E-state index contributed by atoms with van der Waals surface area (Å²) in [5.41, 5.74) is 1.22. The maximum Gasteiger partial charge on any atom is 0.154 e. The van der Waals surface area contributed by atoms with Crippen LogP contribution in [0, 0.1) is 22.7 Å². The molecule has 9 heteroatoms. The number of aromatic nitrogens is 4. The first-order valence-electron chi connectivity index (χ1n) is 11.5. The molecule has 0 aliphatic carbocycles. The van der Waals surface area contributed by atoms with E-state index in [9.17, 15) is 0 Å². The molecule has 4 heterocycles. The number of pyridine rings is 2. The number of fused-ring (bicyclic) bond motifs is 1. The van der Waals surface area contributed by atoms with E-state index in [0.717, 1.165) is 48.9 Å². The molecule has 0 aromatic carbocycles. The molecular weight excluding hydrogens is 414 g/mol. The number of nitrogens with zero attached hydrogens (tertiary/aromatic N) is 6. The summed E-state index contributed by atoms with van der Waals surface area (Å²) in [5.74, 6) is 1.94. The Bertz CT molecular complexity index is 1160. The molecule has 1 aliphatic rings. The van der Waals surface area contributed by atoms with Gasteiger partial charge < -0.3 is 10.6 Å². The highest BCUT2D eigenvalue weighted by Crippen LogP contribution is 2.31. The molecule has 3 N–H and O–H groups in total. The highest BCUT2D eigenvalue weighted by atomic mass is 15.2. The van der Waals surface area contributed by atoms with E-state index in [4.69, 9.17) is 15.5 Å². The van der Waals surface area contributed by atoms with Crippen LogP contribution in [-0.4, -0.2) is 49.7 Å². The van der Waals surface area contributed by atoms with E-state index in [-0.39, 0.29) is 6.04 Å². The van der Waals surface area contributed by atoms with E-state index < -0.39 is 0 Å². The molecule has 4 rings (SSSR count). The topological polar surface area (TPSA) is 129 Å². The summed E-state index contributed by atoms with van der Waals surface area (Å²) in [5, 5.41) is 32.8. The van der Waals surface area contributed by atoms with Crippen LogP contribution in [0.15, 0.2) is 30.5 Å². The molecule has 9 nitrogen and oxygen atoms in total. The lowest BCUT2D eigenvalue weighted by Crippen LogP contribution is -2.52. The molecule has 0 amide bonds. The predicted octanol–water partition coefficient (Wildman–Crippen LogP) is 4.32. The molecule has 1 saturated heterocycles. The summed E-state index contributed by atoms with van der Waals surface area (Å²) >= 11 is 0. The highest BCUT2D eigenvalue weighted by Gasteiger charge is 2.33. The second-order valence-electron chi connectivity index (χ2n) is 8.41. The van der Waals surface area contributed by atoms with Gasteiger partial charge in [-0.15, -0.1) is 0 Å². The van der Waals surface area contributed by atoms with Gasteiger partial charge in [0.15, 0.2) is 5.82 Å². The first kappa shape index (κ1) is 22.5. The summed E-state index contributed by atoms with van der Waals surface area (Å²) in [6.45, 7) is 5.28. The summed E-state index contributed by atoms with van der Waals surface area (Å²) in [6.07, 6.45) is 6.45. The number of nitrogens with one attached hydrogen (secondary N) is 3. The minimum Gasteiger partial charge on any atom is -0.367 e. The van der Waals surface area contributed by atoms with E-state index in [0.29, 0.717) is 35.8 Å². The molecule has 3 aromatic heterocycles. The van der Waals surface area contributed by atoms with Crippen molar-refractivity contribution in [1.82, 2.24) is 25.1 Å². The Morgan fingerprint density at radius 3 is 2.61 bits per heavy atom. The number of anilines is 3. The molecule has 1 aliphatic heterocycles. The lowest BCUT2D eigenvalue weighted by atomic mass is 9.88. The predicted molar refractivity (Wildman–Crippen MR) is 128 cm³/mol. The molecule has 0 saturated carbocycles. The van der Waals surface area contributed by atoms with Crippen LogP contribution in [0.4, 0.5) is 17.5 Å². The van der Waals surface area contributed by atoms with Gasteiger partial charge in [0.05, 0.1) is 11.6 Å². The second-order valence-corrected chi connectivity index (χ2v) is 8.41. The number of H-pyrrole nitrogens is 1. The minimum atomic E-state index is 0.278. The monoisotopic (exact) mass is 443 g/mol. The fraction of sp³-hybridized carbons (Fsp3) is 0.458. The molecule has 170 valence electrons. The van der Waals surface area contributed by atoms with Crippen LogP contribution < -0.4 is 10.6 Å². The molecule has 1 fully saturated rings. The lowest BCUT2D eigenvalue weighted by molar-refractivity contribution is 0.0735. The zero-order valence-electron chi connectivity index (χ0n) is 19.0. The SMILES string of the molecule is CCC1CC(Nc2nc(Nc3cc(C#N)[nH]n3)cc3ncccc23)CC(CC)N1CCC#N. The van der Waals surface area contributed by atoms with Crippen molar-refractivity contribution in [1.29, 1.82) is 10.5 Å². The zero-order valence-corrected chi connectivity index (χ0v) is 19.0. The first-order valence-corrected chi connectivity index (χ1v) is 11.5. The van der Waals surface area contributed by atoms with E-state index in [1.54, 1.807) is 12.3 Å². The molecule has 0 spiro atoms. The molecule has 33 heavy (non-hydrogen) atoms. The lowest BCUT2D eigenvalue weighted by Gasteiger charge is -2.45. The Hall–Kier alpha value is -3.69. The molecule has 2 unspecified atom stereocenters. The fourth-order valence-electron chi connectivity index (χ4n) is 4.80. The third-order valence-corrected chi connectivity index (χ3v) is 6.37. The van der Waals surface area contributed by atoms with Gasteiger partial charge in [-0.2, -0.15) is 15.6 Å². The average Bonchev–Trinajstić information content (AvgIpc) is 3.30. The molecule has 2 atom stereocenters. The van der Waals surface area contributed by atoms with Gasteiger partial charge >= 0.3 is 0 Å². The number of hydrogen-bond acceptors (Lipinski definition) is 8. The van der Waals surface area contributed by atoms with E-state index in [2.05, 4.69) is 50.6 Å². The van der Waals surface area contributed by atoms with Gasteiger partial charge in [0.2, 0.25) is 0 Å². The number of aromatic amines is 1. The van der Waals surface area contributed by atoms with Gasteiger partial charge in [-0.05, 0) is 37.8 Å². The van der Waals surface area contributed by atoms with E-state index in [1.807, 2.05) is 24.3 Å². The maximum absolute atomic E-state index is 9.08. The molecule has 0 radical (unpaired) electrons. The van der Waals surface area contributed by atoms with Crippen LogP contribution in [0.5, 0.6) is 0 Å². The van der Waals surface area contributed by atoms with Crippen LogP contribution in [-0.2, 0) is 0 Å². The van der Waals surface area contributed by atoms with Gasteiger partial charge in [0.25, 0.3) is 0 Å². The molecule has 3 aromatic rings. The Morgan fingerprint density at radius 1 is 1.15 bits per heavy atom. The van der Waals surface area contributed by atoms with Gasteiger partial charge in [-0.25, -0.2) is 4.98 Å². The molecular formula is C24H29N9. The number of hydrogen-bond donors (Lipinski definition) is 3. The number of rotatable bonds is 8. The van der Waals surface area contributed by atoms with Crippen molar-refractivity contribution in [3.05, 3.63) is 36.2 Å². The Balaban J connectivity index is 1.59. The number of piperidine rings is 1. The Morgan fingerprint density at radius 2 is 1.94 bits per heavy atom. The summed E-state index contributed by atoms with van der Waals surface area (Å²) < 4.78 is 0. The normalized spacial score (nSPS) is 20.8. The summed E-state index contributed by atoms with van der Waals surface area (Å²) in [7, 11) is 0. The van der Waals surface area contributed by atoms with E-state index in [1.165, 1.54) is 0 Å². The van der Waals surface area contributed by atoms with Crippen molar-refractivity contribution >= 4 is 28.4 Å². The summed E-state index contributed by atoms with van der Waals surface area (Å²) in [4.78, 5) is 11.9. The van der Waals surface area contributed by atoms with Crippen molar-refractivity contribution in [2.45, 2.75) is 64.1 Å². The fourth-order valence-corrected chi connectivity index (χ4v) is 4.80. The van der Waals surface area contributed by atoms with Gasteiger partial charge in [-0.1, -0.05) is 13.8 Å². The standard InChI is InChI=1S/C24H29N9/c1-3-18-11-16(12-19(4-2)33(18)10-6-8-25)28-24-20-7-5-9-27-21(20)14-22(30-24)29-23-13-17(15-26)31-32-23/h5,7,9,13-14,16,18-19H,3-4,6,10-12H2,1-2H3,(H3,28,29,30,31,32). The van der Waals surface area contributed by atoms with Crippen LogP contribution in [0.1, 0.15) is 51.6 Å². The van der Waals surface area contributed by atoms with Crippen molar-refractivity contribution < 1.29 is 0 Å². The van der Waals surface area contributed by atoms with Gasteiger partial charge in [0.1, 0.15) is 23.4 Å². The second kappa shape index (κ2) is 10.3. The summed E-state index contributed by atoms with van der Waals surface area (Å²) in [6, 6.07) is 13.0. The van der Waals surface area contributed by atoms with Crippen LogP contribution in [0.3, 0.4) is 0 Å². The van der Waals surface area contributed by atoms with Crippen molar-refractivity contribution in [2.24, 2.45) is 0 Å². The van der Waals surface area contributed by atoms with Crippen molar-refractivity contribution in [3.63, 3.8) is 0 Å². The minimum absolute atomic E-state index is 0.278. The molecule has 0 bridgehead atoms. The first-order chi connectivity index (χ1) is 16.1. The van der Waals surface area contributed by atoms with Gasteiger partial charge in [-0.3, -0.25) is 15.0 Å². The smallest absolute Gasteiger partial charge is 0.154 e. The third-order valence-electron chi connectivity index (χ3n) is 6.37. The van der Waals surface area contributed by atoms with Crippen LogP contribution >= 0.6 is 0 Å².